The average Bonchev–Trinajstić information content (AvgIpc) is 3.49. The molecule has 39 heavy (non-hydrogen) atoms. The third kappa shape index (κ3) is 5.03. The van der Waals surface area contributed by atoms with Gasteiger partial charge in [0, 0.05) is 28.5 Å². The number of benzene rings is 2. The monoisotopic (exact) mass is 516 g/mol. The fourth-order valence-electron chi connectivity index (χ4n) is 4.83. The lowest BCUT2D eigenvalue weighted by atomic mass is 10.0. The van der Waals surface area contributed by atoms with E-state index in [0.29, 0.717) is 11.5 Å². The molecule has 0 spiro atoms. The number of rotatable bonds is 9. The predicted molar refractivity (Wildman–Crippen MR) is 156 cm³/mol. The second-order valence-electron chi connectivity index (χ2n) is 9.93. The Hall–Kier alpha value is -4.78. The van der Waals surface area contributed by atoms with Crippen LogP contribution >= 0.6 is 0 Å². The summed E-state index contributed by atoms with van der Waals surface area (Å²) in [6.07, 6.45) is 13.1. The van der Waals surface area contributed by atoms with Crippen molar-refractivity contribution >= 4 is 27.5 Å². The van der Waals surface area contributed by atoms with E-state index in [1.165, 1.54) is 25.0 Å². The summed E-state index contributed by atoms with van der Waals surface area (Å²) in [5, 5.41) is 12.1. The van der Waals surface area contributed by atoms with Crippen LogP contribution in [0.1, 0.15) is 31.7 Å². The van der Waals surface area contributed by atoms with Crippen LogP contribution in [-0.4, -0.2) is 25.1 Å². The van der Waals surface area contributed by atoms with Gasteiger partial charge in [-0.2, -0.15) is 5.10 Å². The molecule has 1 fully saturated rings. The molecule has 1 saturated carbocycles. The average molecular weight is 517 g/mol. The Morgan fingerprint density at radius 2 is 1.95 bits per heavy atom. The Balaban J connectivity index is 1.35. The lowest BCUT2D eigenvalue weighted by Crippen LogP contribution is -2.11. The van der Waals surface area contributed by atoms with E-state index in [9.17, 15) is 4.39 Å². The number of pyridine rings is 1. The standard InChI is InChI=1S/C32H29FN6/c1-4-21(15-25(5-2)35-19(3)14-20-6-7-20)23-10-13-28-26(16-23)31(39-38-28)32-36-29-18-34-17-27(30(29)37-32)22-8-11-24(33)12-9-22/h4-5,8-13,15-18,20,35H,2-3,6-7,14H2,1H3,(H,36,37)(H,38,39)/b21-4+,25-15+. The van der Waals surface area contributed by atoms with E-state index in [2.05, 4.69) is 62.9 Å². The zero-order valence-electron chi connectivity index (χ0n) is 21.8. The molecule has 194 valence electrons. The van der Waals surface area contributed by atoms with Crippen LogP contribution in [0.5, 0.6) is 0 Å². The van der Waals surface area contributed by atoms with Gasteiger partial charge in [0.05, 0.1) is 22.7 Å². The first-order valence-electron chi connectivity index (χ1n) is 13.1. The second-order valence-corrected chi connectivity index (χ2v) is 9.93. The molecule has 0 unspecified atom stereocenters. The predicted octanol–water partition coefficient (Wildman–Crippen LogP) is 7.68. The van der Waals surface area contributed by atoms with Gasteiger partial charge in [-0.25, -0.2) is 9.37 Å². The van der Waals surface area contributed by atoms with Gasteiger partial charge >= 0.3 is 0 Å². The minimum absolute atomic E-state index is 0.282. The van der Waals surface area contributed by atoms with E-state index in [0.717, 1.165) is 67.9 Å². The van der Waals surface area contributed by atoms with Crippen molar-refractivity contribution in [2.75, 3.05) is 0 Å². The topological polar surface area (TPSA) is 82.3 Å². The van der Waals surface area contributed by atoms with Crippen molar-refractivity contribution in [1.29, 1.82) is 0 Å². The molecule has 0 bridgehead atoms. The molecule has 3 N–H and O–H groups in total. The maximum absolute atomic E-state index is 13.5. The van der Waals surface area contributed by atoms with Crippen LogP contribution in [0.3, 0.4) is 0 Å². The number of allylic oxidation sites excluding steroid dienone is 5. The number of hydrogen-bond acceptors (Lipinski definition) is 4. The number of imidazole rings is 1. The molecule has 5 aromatic rings. The van der Waals surface area contributed by atoms with Gasteiger partial charge in [-0.3, -0.25) is 10.1 Å². The van der Waals surface area contributed by atoms with Gasteiger partial charge in [-0.05, 0) is 85.2 Å². The maximum atomic E-state index is 13.5. The molecular formula is C32H29FN6. The largest absolute Gasteiger partial charge is 0.359 e. The molecule has 0 amide bonds. The van der Waals surface area contributed by atoms with Crippen molar-refractivity contribution in [1.82, 2.24) is 30.5 Å². The third-order valence-corrected chi connectivity index (χ3v) is 7.06. The van der Waals surface area contributed by atoms with Crippen molar-refractivity contribution in [3.63, 3.8) is 0 Å². The third-order valence-electron chi connectivity index (χ3n) is 7.06. The smallest absolute Gasteiger partial charge is 0.159 e. The summed E-state index contributed by atoms with van der Waals surface area (Å²) in [6, 6.07) is 12.6. The Labute approximate surface area is 226 Å². The zero-order valence-corrected chi connectivity index (χ0v) is 21.8. The first kappa shape index (κ1) is 24.6. The molecule has 1 aliphatic carbocycles. The Morgan fingerprint density at radius 3 is 2.69 bits per heavy atom. The van der Waals surface area contributed by atoms with Gasteiger partial charge < -0.3 is 10.3 Å². The molecule has 0 radical (unpaired) electrons. The SMILES string of the molecule is C=C/C(=C\C(=C/C)c1ccc2[nH]nc(-c3nc4c(-c5ccc(F)cc5)cncc4[nH]3)c2c1)NC(=C)CC1CC1. The van der Waals surface area contributed by atoms with E-state index in [-0.39, 0.29) is 5.82 Å². The molecule has 0 aliphatic heterocycles. The summed E-state index contributed by atoms with van der Waals surface area (Å²) < 4.78 is 13.5. The highest BCUT2D eigenvalue weighted by atomic mass is 19.1. The van der Waals surface area contributed by atoms with Gasteiger partial charge in [0.25, 0.3) is 0 Å². The number of aromatic amines is 2. The van der Waals surface area contributed by atoms with Crippen molar-refractivity contribution in [2.24, 2.45) is 5.92 Å². The lowest BCUT2D eigenvalue weighted by Gasteiger charge is -2.11. The van der Waals surface area contributed by atoms with E-state index in [1.54, 1.807) is 24.5 Å². The Morgan fingerprint density at radius 1 is 1.13 bits per heavy atom. The number of halogens is 1. The minimum atomic E-state index is -0.282. The Kier molecular flexibility index (Phi) is 6.40. The fourth-order valence-corrected chi connectivity index (χ4v) is 4.83. The van der Waals surface area contributed by atoms with Crippen LogP contribution in [0.2, 0.25) is 0 Å². The summed E-state index contributed by atoms with van der Waals surface area (Å²) in [5.41, 5.74) is 8.86. The number of nitrogens with one attached hydrogen (secondary N) is 3. The highest BCUT2D eigenvalue weighted by Gasteiger charge is 2.22. The van der Waals surface area contributed by atoms with Crippen LogP contribution in [0, 0.1) is 11.7 Å². The van der Waals surface area contributed by atoms with Crippen molar-refractivity contribution in [3.8, 4) is 22.6 Å². The summed E-state index contributed by atoms with van der Waals surface area (Å²) in [4.78, 5) is 12.6. The van der Waals surface area contributed by atoms with Crippen LogP contribution in [0.25, 0.3) is 50.2 Å². The molecule has 1 aliphatic rings. The Bertz CT molecular complexity index is 1770. The van der Waals surface area contributed by atoms with Crippen LogP contribution in [0.4, 0.5) is 4.39 Å². The number of aromatic nitrogens is 5. The maximum Gasteiger partial charge on any atom is 0.159 e. The first-order chi connectivity index (χ1) is 19.0. The quantitative estimate of drug-likeness (QED) is 0.175. The van der Waals surface area contributed by atoms with E-state index >= 15 is 0 Å². The van der Waals surface area contributed by atoms with E-state index in [1.807, 2.05) is 19.1 Å². The zero-order chi connectivity index (χ0) is 26.9. The highest BCUT2D eigenvalue weighted by Crippen LogP contribution is 2.35. The number of nitrogens with zero attached hydrogens (tertiary/aromatic N) is 3. The van der Waals surface area contributed by atoms with Crippen molar-refractivity contribution < 1.29 is 4.39 Å². The van der Waals surface area contributed by atoms with Gasteiger partial charge in [-0.15, -0.1) is 0 Å². The first-order valence-corrected chi connectivity index (χ1v) is 13.1. The van der Waals surface area contributed by atoms with Crippen molar-refractivity contribution in [3.05, 3.63) is 109 Å². The van der Waals surface area contributed by atoms with Gasteiger partial charge in [0.1, 0.15) is 11.5 Å². The van der Waals surface area contributed by atoms with E-state index in [4.69, 9.17) is 4.98 Å². The fraction of sp³-hybridized carbons (Fsp3) is 0.156. The molecule has 7 heteroatoms. The number of H-pyrrole nitrogens is 2. The molecule has 2 aromatic carbocycles. The molecule has 6 rings (SSSR count). The number of hydrogen-bond donors (Lipinski definition) is 3. The van der Waals surface area contributed by atoms with Crippen LogP contribution < -0.4 is 5.32 Å². The highest BCUT2D eigenvalue weighted by molar-refractivity contribution is 5.98. The molecule has 0 saturated heterocycles. The molecular weight excluding hydrogens is 487 g/mol. The minimum Gasteiger partial charge on any atom is -0.359 e. The summed E-state index contributed by atoms with van der Waals surface area (Å²) in [6.45, 7) is 10.2. The van der Waals surface area contributed by atoms with E-state index < -0.39 is 0 Å². The van der Waals surface area contributed by atoms with Crippen molar-refractivity contribution in [2.45, 2.75) is 26.2 Å². The van der Waals surface area contributed by atoms with Gasteiger partial charge in [-0.1, -0.05) is 37.4 Å². The summed E-state index contributed by atoms with van der Waals surface area (Å²) in [5.74, 6) is 1.11. The summed E-state index contributed by atoms with van der Waals surface area (Å²) in [7, 11) is 0. The molecule has 3 heterocycles. The van der Waals surface area contributed by atoms with Crippen LogP contribution in [-0.2, 0) is 0 Å². The van der Waals surface area contributed by atoms with Gasteiger partial charge in [0.2, 0.25) is 0 Å². The second kappa shape index (κ2) is 10.2. The van der Waals surface area contributed by atoms with Crippen LogP contribution in [0.15, 0.2) is 97.6 Å². The normalized spacial score (nSPS) is 14.2. The van der Waals surface area contributed by atoms with Gasteiger partial charge in [0.15, 0.2) is 5.82 Å². The molecule has 3 aromatic heterocycles. The molecule has 6 nitrogen and oxygen atoms in total. The number of fused-ring (bicyclic) bond motifs is 2. The summed E-state index contributed by atoms with van der Waals surface area (Å²) >= 11 is 0. The lowest BCUT2D eigenvalue weighted by molar-refractivity contribution is 0.628. The molecule has 0 atom stereocenters.